The Hall–Kier alpha value is -2.46. The summed E-state index contributed by atoms with van der Waals surface area (Å²) >= 11 is 8.16. The molecule has 0 amide bonds. The fourth-order valence-electron chi connectivity index (χ4n) is 5.24. The molecule has 3 fully saturated rings. The van der Waals surface area contributed by atoms with Crippen LogP contribution in [0.25, 0.3) is 22.3 Å². The van der Waals surface area contributed by atoms with Gasteiger partial charge >= 0.3 is 13.6 Å². The van der Waals surface area contributed by atoms with E-state index in [0.717, 1.165) is 0 Å². The van der Waals surface area contributed by atoms with Gasteiger partial charge in [0.25, 0.3) is 0 Å². The van der Waals surface area contributed by atoms with Crippen molar-refractivity contribution in [3.8, 4) is 0 Å². The molecule has 4 unspecified atom stereocenters. The van der Waals surface area contributed by atoms with E-state index in [1.165, 1.54) is 34.4 Å². The lowest BCUT2D eigenvalue weighted by atomic mass is 10.1. The first-order valence-corrected chi connectivity index (χ1v) is 18.2. The second-order valence-electron chi connectivity index (χ2n) is 9.95. The summed E-state index contributed by atoms with van der Waals surface area (Å²) in [7, 11) is 0. The van der Waals surface area contributed by atoms with Gasteiger partial charge in [-0.05, 0) is 0 Å². The van der Waals surface area contributed by atoms with Crippen LogP contribution in [0.2, 0.25) is 0 Å². The van der Waals surface area contributed by atoms with Gasteiger partial charge in [0.05, 0.1) is 25.9 Å². The monoisotopic (exact) mass is 690 g/mol. The highest BCUT2D eigenvalue weighted by Gasteiger charge is 2.53. The highest BCUT2D eigenvalue weighted by atomic mass is 32.7. The standard InChI is InChI=1S/C20H24N10O10P2S2/c21-15-9-17(25-3-23-15)29(5-27-9)19-11(31)13-7(37-19)1-35-41(33,43)40-14-8(2-36-42(34,44)39-13)38-20(12(14)32)30-6-28-10-16(22)24-4-26-18(10)30/h3-8,11-14,19-20,31-32H,1-2H2,(H,33,43)(H,34,44)(H2,21,23,25)(H2,22,24,26)/t7-,8?,11+,12?,13?,14+,19-,20?,41+,42+/m1/s1. The zero-order valence-corrected chi connectivity index (χ0v) is 25.6. The number of aliphatic hydroxyl groups is 2. The third-order valence-electron chi connectivity index (χ3n) is 7.26. The van der Waals surface area contributed by atoms with Crippen molar-refractivity contribution in [2.75, 3.05) is 24.7 Å². The maximum atomic E-state index is 13.4. The molecule has 20 nitrogen and oxygen atoms in total. The lowest BCUT2D eigenvalue weighted by Crippen LogP contribution is -2.38. The van der Waals surface area contributed by atoms with Gasteiger partial charge in [0.15, 0.2) is 35.4 Å². The lowest BCUT2D eigenvalue weighted by molar-refractivity contribution is -0.0561. The van der Waals surface area contributed by atoms with Crippen molar-refractivity contribution in [2.24, 2.45) is 0 Å². The molecule has 3 aliphatic heterocycles. The normalized spacial score (nSPS) is 38.3. The summed E-state index contributed by atoms with van der Waals surface area (Å²) in [6.45, 7) is -9.59. The third kappa shape index (κ3) is 5.27. The Balaban J connectivity index is 1.17. The Morgan fingerprint density at radius 1 is 0.727 bits per heavy atom. The maximum Gasteiger partial charge on any atom is 0.386 e. The van der Waals surface area contributed by atoms with E-state index < -0.39 is 75.9 Å². The van der Waals surface area contributed by atoms with Gasteiger partial charge in [0.2, 0.25) is 0 Å². The maximum absolute atomic E-state index is 13.4. The fourth-order valence-corrected chi connectivity index (χ4v) is 8.23. The van der Waals surface area contributed by atoms with Crippen molar-refractivity contribution in [2.45, 2.75) is 49.1 Å². The largest absolute Gasteiger partial charge is 0.386 e. The predicted octanol–water partition coefficient (Wildman–Crippen LogP) is 0.240. The number of nitrogen functional groups attached to an aromatic ring is 2. The van der Waals surface area contributed by atoms with E-state index in [2.05, 4.69) is 54.4 Å². The summed E-state index contributed by atoms with van der Waals surface area (Å²) in [5, 5.41) is 22.5. The molecule has 3 saturated heterocycles. The van der Waals surface area contributed by atoms with Crippen LogP contribution in [0.5, 0.6) is 0 Å². The number of thiol groups is 2. The van der Waals surface area contributed by atoms with Crippen molar-refractivity contribution in [3.63, 3.8) is 0 Å². The van der Waals surface area contributed by atoms with Crippen LogP contribution in [-0.2, 0) is 36.7 Å². The molecule has 236 valence electrons. The first-order valence-electron chi connectivity index (χ1n) is 12.8. The van der Waals surface area contributed by atoms with Gasteiger partial charge < -0.3 is 31.2 Å². The van der Waals surface area contributed by atoms with Crippen molar-refractivity contribution in [1.82, 2.24) is 39.0 Å². The van der Waals surface area contributed by atoms with Crippen molar-refractivity contribution >= 4 is 72.1 Å². The molecule has 0 aliphatic carbocycles. The van der Waals surface area contributed by atoms with Crippen LogP contribution in [0.4, 0.5) is 11.6 Å². The summed E-state index contributed by atoms with van der Waals surface area (Å²) in [5.74, 6) is 0.203. The molecule has 3 aliphatic rings. The molecule has 7 rings (SSSR count). The molecule has 0 spiro atoms. The van der Waals surface area contributed by atoms with Gasteiger partial charge in [-0.15, -0.1) is 0 Å². The molecule has 4 aromatic rings. The summed E-state index contributed by atoms with van der Waals surface area (Å²) in [5.41, 5.74) is 12.7. The number of nitrogens with two attached hydrogens (primary N) is 2. The molecule has 6 N–H and O–H groups in total. The second-order valence-corrected chi connectivity index (χ2v) is 15.7. The minimum Gasteiger partial charge on any atom is -0.386 e. The Bertz CT molecular complexity index is 1700. The van der Waals surface area contributed by atoms with Gasteiger partial charge in [0.1, 0.15) is 60.3 Å². The fraction of sp³-hybridized carbons (Fsp3) is 0.500. The number of aromatic nitrogens is 8. The smallest absolute Gasteiger partial charge is 0.386 e. The first kappa shape index (κ1) is 30.2. The summed E-state index contributed by atoms with van der Waals surface area (Å²) < 4.78 is 63.9. The summed E-state index contributed by atoms with van der Waals surface area (Å²) in [6.07, 6.45) is -5.50. The quantitative estimate of drug-likeness (QED) is 0.121. The van der Waals surface area contributed by atoms with Gasteiger partial charge in [-0.3, -0.25) is 27.2 Å². The molecule has 4 aromatic heterocycles. The molecule has 0 aromatic carbocycles. The number of anilines is 2. The highest BCUT2D eigenvalue weighted by Crippen LogP contribution is 2.60. The predicted molar refractivity (Wildman–Crippen MR) is 154 cm³/mol. The number of hydrogen-bond acceptors (Lipinski definition) is 18. The SMILES string of the molecule is Nc1ncnc2c1ncn2C1OC2CO[P@](=O)(S)OC3[C@@H](CO[P@](=O)(S)O[C@@H]2C1O)O[C@@H](n1cnc2c(N)ncnc21)[C@H]3O. The number of rotatable bonds is 2. The van der Waals surface area contributed by atoms with E-state index >= 15 is 0 Å². The molecule has 10 atom stereocenters. The molecule has 7 heterocycles. The minimum atomic E-state index is -4.26. The number of aliphatic hydroxyl groups excluding tert-OH is 2. The van der Waals surface area contributed by atoms with E-state index in [1.54, 1.807) is 0 Å². The van der Waals surface area contributed by atoms with E-state index in [1.807, 2.05) is 0 Å². The highest BCUT2D eigenvalue weighted by molar-refractivity contribution is 8.44. The van der Waals surface area contributed by atoms with Crippen LogP contribution >= 0.6 is 38.1 Å². The van der Waals surface area contributed by atoms with Gasteiger partial charge in [0, 0.05) is 0 Å². The number of imidazole rings is 2. The van der Waals surface area contributed by atoms with Gasteiger partial charge in [-0.2, -0.15) is 0 Å². The summed E-state index contributed by atoms with van der Waals surface area (Å²) in [6, 6.07) is 0. The molecule has 0 radical (unpaired) electrons. The van der Waals surface area contributed by atoms with Gasteiger partial charge in [-0.25, -0.2) is 39.0 Å². The van der Waals surface area contributed by atoms with Crippen LogP contribution < -0.4 is 11.5 Å². The third-order valence-corrected chi connectivity index (χ3v) is 10.5. The van der Waals surface area contributed by atoms with Crippen LogP contribution in [0, 0.1) is 0 Å². The topological polar surface area (TPSA) is 269 Å². The number of ether oxygens (including phenoxy) is 2. The molecular formula is C20H24N10O10P2S2. The second kappa shape index (κ2) is 11.1. The number of fused-ring (bicyclic) bond motifs is 4. The molecule has 24 heteroatoms. The van der Waals surface area contributed by atoms with Crippen molar-refractivity contribution in [1.29, 1.82) is 0 Å². The van der Waals surface area contributed by atoms with E-state index in [-0.39, 0.29) is 34.0 Å². The van der Waals surface area contributed by atoms with E-state index in [0.29, 0.717) is 0 Å². The van der Waals surface area contributed by atoms with Crippen molar-refractivity contribution in [3.05, 3.63) is 25.3 Å². The number of nitrogens with zero attached hydrogens (tertiary/aromatic N) is 8. The van der Waals surface area contributed by atoms with Crippen LogP contribution in [0.3, 0.4) is 0 Å². The van der Waals surface area contributed by atoms with E-state index in [4.69, 9.17) is 39.0 Å². The Morgan fingerprint density at radius 2 is 1.14 bits per heavy atom. The first-order chi connectivity index (χ1) is 20.9. The molecule has 0 saturated carbocycles. The summed E-state index contributed by atoms with van der Waals surface area (Å²) in [4.78, 5) is 24.4. The Morgan fingerprint density at radius 3 is 1.55 bits per heavy atom. The van der Waals surface area contributed by atoms with Crippen molar-refractivity contribution < 1.29 is 46.9 Å². The Labute approximate surface area is 256 Å². The lowest BCUT2D eigenvalue weighted by Gasteiger charge is -2.28. The van der Waals surface area contributed by atoms with E-state index in [9.17, 15) is 19.3 Å². The minimum absolute atomic E-state index is 0.101. The molecule has 44 heavy (non-hydrogen) atoms. The zero-order chi connectivity index (χ0) is 31.0. The zero-order valence-electron chi connectivity index (χ0n) is 22.0. The Kier molecular flexibility index (Phi) is 7.63. The molecule has 0 bridgehead atoms. The van der Waals surface area contributed by atoms with Crippen LogP contribution in [0.1, 0.15) is 12.5 Å². The van der Waals surface area contributed by atoms with Gasteiger partial charge in [-0.1, -0.05) is 24.5 Å². The van der Waals surface area contributed by atoms with Crippen LogP contribution in [0.15, 0.2) is 25.3 Å². The van der Waals surface area contributed by atoms with Crippen LogP contribution in [-0.4, -0.2) is 99.1 Å². The average molecular weight is 691 g/mol. The molecular weight excluding hydrogens is 666 g/mol. The average Bonchev–Trinajstić information content (AvgIpc) is 3.73. The number of hydrogen-bond donors (Lipinski definition) is 6.